The summed E-state index contributed by atoms with van der Waals surface area (Å²) in [5.74, 6) is 0.896. The fraction of sp³-hybridized carbons (Fsp3) is 0.125. The molecule has 0 bridgehead atoms. The molecular formula is C16H15NO. The molecule has 1 aromatic heterocycles. The monoisotopic (exact) mass is 237 g/mol. The average molecular weight is 237 g/mol. The van der Waals surface area contributed by atoms with Gasteiger partial charge in [0.15, 0.2) is 0 Å². The van der Waals surface area contributed by atoms with Crippen molar-refractivity contribution in [1.82, 2.24) is 4.57 Å². The van der Waals surface area contributed by atoms with Gasteiger partial charge >= 0.3 is 0 Å². The maximum atomic E-state index is 5.26. The van der Waals surface area contributed by atoms with E-state index >= 15 is 0 Å². The summed E-state index contributed by atoms with van der Waals surface area (Å²) in [6.45, 7) is 0. The highest BCUT2D eigenvalue weighted by atomic mass is 16.5. The van der Waals surface area contributed by atoms with Gasteiger partial charge in [-0.05, 0) is 35.9 Å². The Balaban J connectivity index is 2.13. The predicted molar refractivity (Wildman–Crippen MR) is 75.7 cm³/mol. The quantitative estimate of drug-likeness (QED) is 0.777. The van der Waals surface area contributed by atoms with Crippen LogP contribution in [0.15, 0.2) is 54.1 Å². The molecule has 0 amide bonds. The lowest BCUT2D eigenvalue weighted by atomic mass is 10.2. The molecule has 0 saturated carbocycles. The lowest BCUT2D eigenvalue weighted by Crippen LogP contribution is -1.90. The van der Waals surface area contributed by atoms with Crippen molar-refractivity contribution in [3.05, 3.63) is 59.8 Å². The van der Waals surface area contributed by atoms with Gasteiger partial charge < -0.3 is 9.30 Å². The largest absolute Gasteiger partial charge is 0.497 e. The summed E-state index contributed by atoms with van der Waals surface area (Å²) in [6, 6.07) is 8.34. The van der Waals surface area contributed by atoms with Crippen molar-refractivity contribution < 1.29 is 4.74 Å². The van der Waals surface area contributed by atoms with E-state index in [-0.39, 0.29) is 0 Å². The summed E-state index contributed by atoms with van der Waals surface area (Å²) in [4.78, 5) is 0. The molecule has 2 nitrogen and oxygen atoms in total. The van der Waals surface area contributed by atoms with Crippen LogP contribution in [0.25, 0.3) is 17.0 Å². The van der Waals surface area contributed by atoms with Crippen molar-refractivity contribution in [3.8, 4) is 5.75 Å². The molecule has 18 heavy (non-hydrogen) atoms. The fourth-order valence-electron chi connectivity index (χ4n) is 2.27. The van der Waals surface area contributed by atoms with Crippen molar-refractivity contribution >= 4 is 17.0 Å². The molecule has 0 saturated heterocycles. The molecule has 2 heteroatoms. The Labute approximate surface area is 106 Å². The molecule has 0 fully saturated rings. The van der Waals surface area contributed by atoms with Crippen LogP contribution >= 0.6 is 0 Å². The first-order chi connectivity index (χ1) is 8.78. The lowest BCUT2D eigenvalue weighted by Gasteiger charge is -2.01. The fourth-order valence-corrected chi connectivity index (χ4v) is 2.27. The first-order valence-corrected chi connectivity index (χ1v) is 5.98. The summed E-state index contributed by atoms with van der Waals surface area (Å²) in [6.07, 6.45) is 10.5. The first kappa shape index (κ1) is 10.9. The molecule has 2 aromatic rings. The Kier molecular flexibility index (Phi) is 2.56. The zero-order valence-corrected chi connectivity index (χ0v) is 10.6. The number of hydrogen-bond donors (Lipinski definition) is 0. The van der Waals surface area contributed by atoms with Crippen LogP contribution < -0.4 is 4.74 Å². The molecule has 1 aliphatic carbocycles. The van der Waals surface area contributed by atoms with E-state index in [2.05, 4.69) is 60.2 Å². The van der Waals surface area contributed by atoms with Gasteiger partial charge in [-0.3, -0.25) is 0 Å². The standard InChI is InChI=1S/C16H15NO/c1-17-14(9-12-5-3-4-6-12)10-13-11-15(18-2)7-8-16(13)17/h3-11H,1-2H3. The number of rotatable bonds is 2. The van der Waals surface area contributed by atoms with Crippen LogP contribution in [0.5, 0.6) is 5.75 Å². The minimum Gasteiger partial charge on any atom is -0.497 e. The Bertz CT molecular complexity index is 672. The third-order valence-electron chi connectivity index (χ3n) is 3.29. The molecule has 3 rings (SSSR count). The molecule has 90 valence electrons. The van der Waals surface area contributed by atoms with Gasteiger partial charge in [0.1, 0.15) is 5.75 Å². The van der Waals surface area contributed by atoms with E-state index < -0.39 is 0 Å². The van der Waals surface area contributed by atoms with Gasteiger partial charge in [-0.15, -0.1) is 0 Å². The van der Waals surface area contributed by atoms with Gasteiger partial charge in [-0.25, -0.2) is 0 Å². The van der Waals surface area contributed by atoms with Crippen molar-refractivity contribution in [1.29, 1.82) is 0 Å². The van der Waals surface area contributed by atoms with Gasteiger partial charge in [-0.2, -0.15) is 0 Å². The number of benzene rings is 1. The molecular weight excluding hydrogens is 222 g/mol. The van der Waals surface area contributed by atoms with Gasteiger partial charge in [0.2, 0.25) is 0 Å². The number of ether oxygens (including phenoxy) is 1. The summed E-state index contributed by atoms with van der Waals surface area (Å²) in [5.41, 5.74) is 3.64. The normalized spacial score (nSPS) is 13.6. The molecule has 0 atom stereocenters. The number of aromatic nitrogens is 1. The number of aryl methyl sites for hydroxylation is 1. The van der Waals surface area contributed by atoms with Crippen LogP contribution in [0.1, 0.15) is 5.69 Å². The van der Waals surface area contributed by atoms with Crippen LogP contribution in [0, 0.1) is 0 Å². The second-order valence-electron chi connectivity index (χ2n) is 4.42. The van der Waals surface area contributed by atoms with Crippen LogP contribution in [0.4, 0.5) is 0 Å². The van der Waals surface area contributed by atoms with Gasteiger partial charge in [0, 0.05) is 23.6 Å². The number of hydrogen-bond acceptors (Lipinski definition) is 1. The second kappa shape index (κ2) is 4.22. The summed E-state index contributed by atoms with van der Waals surface area (Å²) in [7, 11) is 3.78. The molecule has 0 unspecified atom stereocenters. The highest BCUT2D eigenvalue weighted by Gasteiger charge is 2.05. The molecule has 0 spiro atoms. The van der Waals surface area contributed by atoms with E-state index in [4.69, 9.17) is 4.74 Å². The third kappa shape index (κ3) is 1.76. The summed E-state index contributed by atoms with van der Waals surface area (Å²) in [5, 5.41) is 1.20. The van der Waals surface area contributed by atoms with Crippen molar-refractivity contribution in [2.45, 2.75) is 0 Å². The van der Waals surface area contributed by atoms with E-state index in [1.54, 1.807) is 7.11 Å². The molecule has 0 N–H and O–H groups in total. The number of methoxy groups -OCH3 is 1. The van der Waals surface area contributed by atoms with E-state index in [9.17, 15) is 0 Å². The minimum absolute atomic E-state index is 0.896. The molecule has 0 aliphatic heterocycles. The van der Waals surface area contributed by atoms with Crippen molar-refractivity contribution in [2.75, 3.05) is 7.11 Å². The van der Waals surface area contributed by atoms with Gasteiger partial charge in [-0.1, -0.05) is 24.3 Å². The highest BCUT2D eigenvalue weighted by molar-refractivity contribution is 5.85. The SMILES string of the molecule is COc1ccc2c(c1)cc(C=C1C=CC=C1)n2C. The number of fused-ring (bicyclic) bond motifs is 1. The maximum Gasteiger partial charge on any atom is 0.119 e. The third-order valence-corrected chi connectivity index (χ3v) is 3.29. The second-order valence-corrected chi connectivity index (χ2v) is 4.42. The van der Waals surface area contributed by atoms with Crippen LogP contribution in [-0.4, -0.2) is 11.7 Å². The topological polar surface area (TPSA) is 14.2 Å². The van der Waals surface area contributed by atoms with Crippen molar-refractivity contribution in [2.24, 2.45) is 7.05 Å². The highest BCUT2D eigenvalue weighted by Crippen LogP contribution is 2.25. The molecule has 1 aromatic carbocycles. The van der Waals surface area contributed by atoms with E-state index in [0.29, 0.717) is 0 Å². The van der Waals surface area contributed by atoms with E-state index in [0.717, 1.165) is 5.75 Å². The predicted octanol–water partition coefficient (Wildman–Crippen LogP) is 3.70. The van der Waals surface area contributed by atoms with Crippen molar-refractivity contribution in [3.63, 3.8) is 0 Å². The maximum absolute atomic E-state index is 5.26. The Hall–Kier alpha value is -2.22. The molecule has 1 aliphatic rings. The Morgan fingerprint density at radius 2 is 1.89 bits per heavy atom. The first-order valence-electron chi connectivity index (χ1n) is 5.98. The molecule has 1 heterocycles. The van der Waals surface area contributed by atoms with E-state index in [1.807, 2.05) is 6.07 Å². The summed E-state index contributed by atoms with van der Waals surface area (Å²) >= 11 is 0. The zero-order chi connectivity index (χ0) is 12.5. The van der Waals surface area contributed by atoms with Crippen LogP contribution in [-0.2, 0) is 7.05 Å². The average Bonchev–Trinajstić information content (AvgIpc) is 2.99. The Morgan fingerprint density at radius 1 is 1.11 bits per heavy atom. The number of allylic oxidation sites excluding steroid dienone is 5. The summed E-state index contributed by atoms with van der Waals surface area (Å²) < 4.78 is 7.45. The van der Waals surface area contributed by atoms with Crippen LogP contribution in [0.2, 0.25) is 0 Å². The zero-order valence-electron chi connectivity index (χ0n) is 10.6. The van der Waals surface area contributed by atoms with Gasteiger partial charge in [0.25, 0.3) is 0 Å². The smallest absolute Gasteiger partial charge is 0.119 e. The van der Waals surface area contributed by atoms with Crippen LogP contribution in [0.3, 0.4) is 0 Å². The minimum atomic E-state index is 0.896. The lowest BCUT2D eigenvalue weighted by molar-refractivity contribution is 0.415. The van der Waals surface area contributed by atoms with Gasteiger partial charge in [0.05, 0.1) is 7.11 Å². The van der Waals surface area contributed by atoms with E-state index in [1.165, 1.54) is 22.2 Å². The molecule has 0 radical (unpaired) electrons. The Morgan fingerprint density at radius 3 is 2.61 bits per heavy atom. The number of nitrogens with zero attached hydrogens (tertiary/aromatic N) is 1.